The molecule has 1 aliphatic heterocycles. The minimum absolute atomic E-state index is 0.0629. The number of piperidine rings is 1. The van der Waals surface area contributed by atoms with E-state index >= 15 is 0 Å². The number of hydrogen-bond donors (Lipinski definition) is 1. The van der Waals surface area contributed by atoms with Gasteiger partial charge in [0.15, 0.2) is 0 Å². The molecule has 0 amide bonds. The number of fused-ring (bicyclic) bond motifs is 1. The lowest BCUT2D eigenvalue weighted by Gasteiger charge is -2.22. The van der Waals surface area contributed by atoms with Gasteiger partial charge in [0.1, 0.15) is 16.9 Å². The van der Waals surface area contributed by atoms with Crippen LogP contribution in [0.5, 0.6) is 0 Å². The van der Waals surface area contributed by atoms with Crippen LogP contribution in [0.1, 0.15) is 31.5 Å². The molecule has 0 bridgehead atoms. The smallest absolute Gasteiger partial charge is 0.292 e. The van der Waals surface area contributed by atoms with E-state index in [1.165, 1.54) is 4.68 Å². The minimum Gasteiger partial charge on any atom is -0.323 e. The Kier molecular flexibility index (Phi) is 3.10. The van der Waals surface area contributed by atoms with Crippen LogP contribution in [0.3, 0.4) is 0 Å². The summed E-state index contributed by atoms with van der Waals surface area (Å²) in [5, 5.41) is 7.42. The van der Waals surface area contributed by atoms with E-state index in [1.54, 1.807) is 13.2 Å². The van der Waals surface area contributed by atoms with E-state index in [0.29, 0.717) is 11.4 Å². The Labute approximate surface area is 111 Å². The lowest BCUT2D eigenvalue weighted by molar-refractivity contribution is 0.434. The zero-order valence-electron chi connectivity index (χ0n) is 11.4. The lowest BCUT2D eigenvalue weighted by atomic mass is 9.97. The van der Waals surface area contributed by atoms with Gasteiger partial charge in [-0.25, -0.2) is 9.67 Å². The highest BCUT2D eigenvalue weighted by Gasteiger charge is 2.23. The van der Waals surface area contributed by atoms with Crippen molar-refractivity contribution in [3.05, 3.63) is 22.4 Å². The van der Waals surface area contributed by atoms with Crippen molar-refractivity contribution in [1.29, 1.82) is 0 Å². The maximum atomic E-state index is 12.2. The van der Waals surface area contributed by atoms with Gasteiger partial charge in [0, 0.05) is 19.5 Å². The standard InChI is InChI=1S/C13H19N5O/c1-3-18-11-10(8-15-17(2)13(11)19)16-12(18)9-4-6-14-7-5-9/h8-9,14H,3-7H2,1-2H3. The predicted molar refractivity (Wildman–Crippen MR) is 73.3 cm³/mol. The van der Waals surface area contributed by atoms with Crippen molar-refractivity contribution in [2.75, 3.05) is 13.1 Å². The average molecular weight is 261 g/mol. The third-order valence-corrected chi connectivity index (χ3v) is 3.89. The van der Waals surface area contributed by atoms with Crippen molar-refractivity contribution in [2.45, 2.75) is 32.2 Å². The fourth-order valence-electron chi connectivity index (χ4n) is 2.86. The van der Waals surface area contributed by atoms with Crippen molar-refractivity contribution in [1.82, 2.24) is 24.6 Å². The molecule has 3 heterocycles. The average Bonchev–Trinajstić information content (AvgIpc) is 2.83. The Balaban J connectivity index is 2.19. The number of rotatable bonds is 2. The summed E-state index contributed by atoms with van der Waals surface area (Å²) in [7, 11) is 1.68. The molecule has 0 aromatic carbocycles. The molecule has 3 rings (SSSR count). The molecule has 19 heavy (non-hydrogen) atoms. The SMILES string of the molecule is CCn1c(C2CCNCC2)nc2cnn(C)c(=O)c21. The molecule has 1 N–H and O–H groups in total. The third kappa shape index (κ3) is 1.96. The molecule has 6 heteroatoms. The summed E-state index contributed by atoms with van der Waals surface area (Å²) in [5.74, 6) is 1.49. The fraction of sp³-hybridized carbons (Fsp3) is 0.615. The molecule has 0 aliphatic carbocycles. The van der Waals surface area contributed by atoms with Gasteiger partial charge in [-0.2, -0.15) is 5.10 Å². The fourth-order valence-corrected chi connectivity index (χ4v) is 2.86. The second-order valence-electron chi connectivity index (χ2n) is 5.05. The number of aryl methyl sites for hydroxylation is 2. The topological polar surface area (TPSA) is 64.7 Å². The molecular formula is C13H19N5O. The first kappa shape index (κ1) is 12.3. The largest absolute Gasteiger partial charge is 0.323 e. The summed E-state index contributed by atoms with van der Waals surface area (Å²) in [6.07, 6.45) is 3.85. The Morgan fingerprint density at radius 2 is 2.16 bits per heavy atom. The number of nitrogens with one attached hydrogen (secondary N) is 1. The van der Waals surface area contributed by atoms with E-state index in [1.807, 2.05) is 0 Å². The van der Waals surface area contributed by atoms with E-state index < -0.39 is 0 Å². The molecule has 102 valence electrons. The van der Waals surface area contributed by atoms with E-state index in [4.69, 9.17) is 0 Å². The maximum absolute atomic E-state index is 12.2. The van der Waals surface area contributed by atoms with Crippen LogP contribution < -0.4 is 10.9 Å². The minimum atomic E-state index is -0.0629. The van der Waals surface area contributed by atoms with Crippen LogP contribution in [0.2, 0.25) is 0 Å². The summed E-state index contributed by atoms with van der Waals surface area (Å²) in [6, 6.07) is 0. The number of imidazole rings is 1. The second kappa shape index (κ2) is 4.77. The lowest BCUT2D eigenvalue weighted by Crippen LogP contribution is -2.28. The van der Waals surface area contributed by atoms with Crippen LogP contribution in [-0.2, 0) is 13.6 Å². The summed E-state index contributed by atoms with van der Waals surface area (Å²) >= 11 is 0. The Bertz CT molecular complexity index is 651. The molecule has 0 atom stereocenters. The molecule has 0 spiro atoms. The normalized spacial score (nSPS) is 17.2. The highest BCUT2D eigenvalue weighted by molar-refractivity contribution is 5.73. The Morgan fingerprint density at radius 3 is 2.84 bits per heavy atom. The monoisotopic (exact) mass is 261 g/mol. The van der Waals surface area contributed by atoms with Crippen molar-refractivity contribution < 1.29 is 0 Å². The summed E-state index contributed by atoms with van der Waals surface area (Å²) < 4.78 is 3.44. The van der Waals surface area contributed by atoms with Crippen molar-refractivity contribution in [3.8, 4) is 0 Å². The molecule has 1 fully saturated rings. The molecule has 1 saturated heterocycles. The van der Waals surface area contributed by atoms with Crippen LogP contribution in [0.25, 0.3) is 11.0 Å². The molecule has 0 saturated carbocycles. The van der Waals surface area contributed by atoms with Gasteiger partial charge in [0.05, 0.1) is 6.20 Å². The van der Waals surface area contributed by atoms with Gasteiger partial charge in [-0.05, 0) is 32.9 Å². The van der Waals surface area contributed by atoms with Crippen LogP contribution in [0.4, 0.5) is 0 Å². The van der Waals surface area contributed by atoms with Gasteiger partial charge in [-0.1, -0.05) is 0 Å². The molecule has 0 radical (unpaired) electrons. The highest BCUT2D eigenvalue weighted by Crippen LogP contribution is 2.26. The van der Waals surface area contributed by atoms with Gasteiger partial charge >= 0.3 is 0 Å². The van der Waals surface area contributed by atoms with Crippen molar-refractivity contribution in [2.24, 2.45) is 7.05 Å². The van der Waals surface area contributed by atoms with E-state index in [-0.39, 0.29) is 5.56 Å². The summed E-state index contributed by atoms with van der Waals surface area (Å²) in [5.41, 5.74) is 1.35. The van der Waals surface area contributed by atoms with Crippen LogP contribution in [-0.4, -0.2) is 32.4 Å². The number of hydrogen-bond acceptors (Lipinski definition) is 4. The second-order valence-corrected chi connectivity index (χ2v) is 5.05. The van der Waals surface area contributed by atoms with Gasteiger partial charge in [0.2, 0.25) is 0 Å². The van der Waals surface area contributed by atoms with E-state index in [0.717, 1.165) is 43.8 Å². The van der Waals surface area contributed by atoms with E-state index in [9.17, 15) is 4.79 Å². The van der Waals surface area contributed by atoms with Gasteiger partial charge < -0.3 is 9.88 Å². The van der Waals surface area contributed by atoms with Crippen LogP contribution in [0.15, 0.2) is 11.0 Å². The molecule has 0 unspecified atom stereocenters. The van der Waals surface area contributed by atoms with Gasteiger partial charge in [-0.15, -0.1) is 0 Å². The first-order valence-electron chi connectivity index (χ1n) is 6.85. The van der Waals surface area contributed by atoms with Gasteiger partial charge in [-0.3, -0.25) is 4.79 Å². The molecule has 6 nitrogen and oxygen atoms in total. The van der Waals surface area contributed by atoms with Crippen molar-refractivity contribution in [3.63, 3.8) is 0 Å². The summed E-state index contributed by atoms with van der Waals surface area (Å²) in [6.45, 7) is 4.88. The predicted octanol–water partition coefficient (Wildman–Crippen LogP) is 0.617. The molecular weight excluding hydrogens is 242 g/mol. The first-order chi connectivity index (χ1) is 9.22. The number of nitrogens with zero attached hydrogens (tertiary/aromatic N) is 4. The zero-order chi connectivity index (χ0) is 13.4. The van der Waals surface area contributed by atoms with E-state index in [2.05, 4.69) is 26.9 Å². The maximum Gasteiger partial charge on any atom is 0.292 e. The first-order valence-corrected chi connectivity index (χ1v) is 6.85. The van der Waals surface area contributed by atoms with Crippen molar-refractivity contribution >= 4 is 11.0 Å². The Morgan fingerprint density at radius 1 is 1.42 bits per heavy atom. The zero-order valence-corrected chi connectivity index (χ0v) is 11.4. The van der Waals surface area contributed by atoms with Gasteiger partial charge in [0.25, 0.3) is 5.56 Å². The highest BCUT2D eigenvalue weighted by atomic mass is 16.1. The van der Waals surface area contributed by atoms with Crippen LogP contribution >= 0.6 is 0 Å². The Hall–Kier alpha value is -1.69. The van der Waals surface area contributed by atoms with Crippen LogP contribution in [0, 0.1) is 0 Å². The quantitative estimate of drug-likeness (QED) is 0.860. The molecule has 2 aromatic rings. The molecule has 1 aliphatic rings. The molecule has 2 aromatic heterocycles. The summed E-state index contributed by atoms with van der Waals surface area (Å²) in [4.78, 5) is 16.9. The third-order valence-electron chi connectivity index (χ3n) is 3.89. The number of aromatic nitrogens is 4.